The highest BCUT2D eigenvalue weighted by atomic mass is 32.2. The Hall–Kier alpha value is -3.00. The van der Waals surface area contributed by atoms with Gasteiger partial charge in [-0.15, -0.1) is 0 Å². The molecule has 154 valence electrons. The Balaban J connectivity index is 1.98. The molecule has 29 heavy (non-hydrogen) atoms. The van der Waals surface area contributed by atoms with Gasteiger partial charge in [0, 0.05) is 11.5 Å². The van der Waals surface area contributed by atoms with E-state index < -0.39 is 22.0 Å². The van der Waals surface area contributed by atoms with Crippen LogP contribution in [0.15, 0.2) is 60.0 Å². The molecule has 1 heterocycles. The topological polar surface area (TPSA) is 82.1 Å². The van der Waals surface area contributed by atoms with Gasteiger partial charge in [-0.1, -0.05) is 18.2 Å². The number of sulfone groups is 1. The molecule has 2 aromatic rings. The molecule has 3 rings (SSSR count). The third-order valence-corrected chi connectivity index (χ3v) is 5.91. The van der Waals surface area contributed by atoms with Crippen LogP contribution in [0.1, 0.15) is 6.92 Å². The van der Waals surface area contributed by atoms with Gasteiger partial charge in [-0.05, 0) is 37.3 Å². The van der Waals surface area contributed by atoms with Crippen LogP contribution in [0.5, 0.6) is 17.2 Å². The smallest absolute Gasteiger partial charge is 0.268 e. The van der Waals surface area contributed by atoms with Crippen molar-refractivity contribution in [2.45, 2.75) is 19.1 Å². The fourth-order valence-corrected chi connectivity index (χ4v) is 4.38. The van der Waals surface area contributed by atoms with Crippen LogP contribution in [-0.2, 0) is 14.6 Å². The van der Waals surface area contributed by atoms with Crippen LogP contribution in [-0.4, -0.2) is 46.4 Å². The van der Waals surface area contributed by atoms with Crippen molar-refractivity contribution in [3.63, 3.8) is 0 Å². The van der Waals surface area contributed by atoms with Crippen LogP contribution in [0.4, 0.5) is 5.69 Å². The Morgan fingerprint density at radius 1 is 1.07 bits per heavy atom. The lowest BCUT2D eigenvalue weighted by molar-refractivity contribution is -0.124. The van der Waals surface area contributed by atoms with Gasteiger partial charge in [-0.3, -0.25) is 9.69 Å². The molecule has 0 aliphatic carbocycles. The highest BCUT2D eigenvalue weighted by Crippen LogP contribution is 2.35. The first-order chi connectivity index (χ1) is 13.8. The first kappa shape index (κ1) is 20.7. The lowest BCUT2D eigenvalue weighted by atomic mass is 10.1. The largest absolute Gasteiger partial charge is 0.497 e. The number of carbonyl (C=O) groups excluding carboxylic acids is 1. The predicted molar refractivity (Wildman–Crippen MR) is 110 cm³/mol. The molecule has 1 amide bonds. The number of amides is 1. The molecule has 1 aliphatic rings. The van der Waals surface area contributed by atoms with Crippen LogP contribution in [0.3, 0.4) is 0 Å². The summed E-state index contributed by atoms with van der Waals surface area (Å²) in [5, 5.41) is 1.14. The number of ether oxygens (including phenoxy) is 3. The molecule has 0 radical (unpaired) electrons. The second-order valence-electron chi connectivity index (χ2n) is 6.54. The summed E-state index contributed by atoms with van der Waals surface area (Å²) in [6.45, 7) is 1.63. The van der Waals surface area contributed by atoms with E-state index >= 15 is 0 Å². The van der Waals surface area contributed by atoms with E-state index in [4.69, 9.17) is 14.2 Å². The molecular formula is C21H23NO6S. The molecule has 0 aromatic heterocycles. The van der Waals surface area contributed by atoms with Crippen molar-refractivity contribution in [1.82, 2.24) is 0 Å². The predicted octanol–water partition coefficient (Wildman–Crippen LogP) is 2.82. The van der Waals surface area contributed by atoms with Crippen LogP contribution in [0.2, 0.25) is 0 Å². The Morgan fingerprint density at radius 3 is 2.38 bits per heavy atom. The molecule has 0 saturated carbocycles. The van der Waals surface area contributed by atoms with Gasteiger partial charge in [0.05, 0.1) is 31.7 Å². The Morgan fingerprint density at radius 2 is 1.79 bits per heavy atom. The quantitative estimate of drug-likeness (QED) is 0.689. The molecular weight excluding hydrogens is 394 g/mol. The third kappa shape index (κ3) is 4.71. The summed E-state index contributed by atoms with van der Waals surface area (Å²) in [6.07, 6.45) is 0.660. The van der Waals surface area contributed by atoms with Crippen LogP contribution in [0.25, 0.3) is 0 Å². The summed E-state index contributed by atoms with van der Waals surface area (Å²) in [7, 11) is -0.374. The molecule has 0 fully saturated rings. The van der Waals surface area contributed by atoms with Gasteiger partial charge in [-0.25, -0.2) is 8.42 Å². The van der Waals surface area contributed by atoms with Crippen molar-refractivity contribution in [1.29, 1.82) is 0 Å². The average molecular weight is 417 g/mol. The summed E-state index contributed by atoms with van der Waals surface area (Å²) >= 11 is 0. The number of hydrogen-bond acceptors (Lipinski definition) is 6. The van der Waals surface area contributed by atoms with E-state index in [0.29, 0.717) is 22.9 Å². The molecule has 0 unspecified atom stereocenters. The number of methoxy groups -OCH3 is 2. The number of anilines is 1. The number of rotatable bonds is 7. The number of nitrogens with zero attached hydrogens (tertiary/aromatic N) is 1. The van der Waals surface area contributed by atoms with Gasteiger partial charge in [-0.2, -0.15) is 0 Å². The van der Waals surface area contributed by atoms with E-state index in [1.165, 1.54) is 25.2 Å². The molecule has 2 atom stereocenters. The summed E-state index contributed by atoms with van der Waals surface area (Å²) in [6, 6.07) is 13.3. The van der Waals surface area contributed by atoms with Crippen molar-refractivity contribution in [2.24, 2.45) is 0 Å². The van der Waals surface area contributed by atoms with Gasteiger partial charge < -0.3 is 14.2 Å². The molecule has 0 bridgehead atoms. The molecule has 0 spiro atoms. The minimum absolute atomic E-state index is 0.202. The van der Waals surface area contributed by atoms with E-state index in [-0.39, 0.29) is 11.7 Å². The van der Waals surface area contributed by atoms with Crippen molar-refractivity contribution in [3.05, 3.63) is 60.0 Å². The van der Waals surface area contributed by atoms with E-state index in [9.17, 15) is 13.2 Å². The Bertz CT molecular complexity index is 1000. The first-order valence-electron chi connectivity index (χ1n) is 9.02. The zero-order valence-electron chi connectivity index (χ0n) is 16.4. The first-order valence-corrected chi connectivity index (χ1v) is 10.7. The second kappa shape index (κ2) is 8.57. The second-order valence-corrected chi connectivity index (χ2v) is 8.48. The fraction of sp³-hybridized carbons (Fsp3) is 0.286. The van der Waals surface area contributed by atoms with Gasteiger partial charge in [0.15, 0.2) is 15.9 Å². The normalized spacial score (nSPS) is 18.1. The van der Waals surface area contributed by atoms with Crippen LogP contribution in [0, 0.1) is 0 Å². The number of hydrogen-bond donors (Lipinski definition) is 0. The van der Waals surface area contributed by atoms with Crippen molar-refractivity contribution >= 4 is 21.4 Å². The summed E-state index contributed by atoms with van der Waals surface area (Å²) in [5.41, 5.74) is 0.438. The summed E-state index contributed by atoms with van der Waals surface area (Å²) < 4.78 is 40.5. The summed E-state index contributed by atoms with van der Waals surface area (Å²) in [5.74, 6) is 0.906. The van der Waals surface area contributed by atoms with Gasteiger partial charge in [0.1, 0.15) is 17.2 Å². The fourth-order valence-electron chi connectivity index (χ4n) is 3.11. The number of carbonyl (C=O) groups is 1. The molecule has 0 N–H and O–H groups in total. The lowest BCUT2D eigenvalue weighted by Crippen LogP contribution is -2.47. The van der Waals surface area contributed by atoms with Crippen LogP contribution < -0.4 is 19.1 Å². The average Bonchev–Trinajstić information content (AvgIpc) is 3.08. The third-order valence-electron chi connectivity index (χ3n) is 4.53. The molecule has 8 heteroatoms. The van der Waals surface area contributed by atoms with Crippen molar-refractivity contribution in [2.75, 3.05) is 24.9 Å². The zero-order valence-corrected chi connectivity index (χ0v) is 17.3. The maximum atomic E-state index is 13.4. The van der Waals surface area contributed by atoms with E-state index in [2.05, 4.69) is 0 Å². The van der Waals surface area contributed by atoms with Crippen molar-refractivity contribution < 1.29 is 27.4 Å². The standard InChI is InChI=1S/C21H23NO6S/c1-15(28-17-7-5-4-6-8-17)21(23)22(16-11-12-29(24,25)14-16)19-10-9-18(26-2)13-20(19)27-3/h4-13,15-16H,14H2,1-3H3/t15-,16-/m1/s1. The maximum Gasteiger partial charge on any atom is 0.268 e. The number of para-hydroxylation sites is 1. The molecule has 7 nitrogen and oxygen atoms in total. The SMILES string of the molecule is COc1ccc(N(C(=O)[C@@H](C)Oc2ccccc2)[C@@H]2C=CS(=O)(=O)C2)c(OC)c1. The van der Waals surface area contributed by atoms with Crippen molar-refractivity contribution in [3.8, 4) is 17.2 Å². The van der Waals surface area contributed by atoms with Gasteiger partial charge in [0.25, 0.3) is 5.91 Å². The van der Waals surface area contributed by atoms with Gasteiger partial charge in [0.2, 0.25) is 0 Å². The Kier molecular flexibility index (Phi) is 6.12. The maximum absolute atomic E-state index is 13.4. The molecule has 0 saturated heterocycles. The van der Waals surface area contributed by atoms with E-state index in [1.54, 1.807) is 37.3 Å². The van der Waals surface area contributed by atoms with Crippen LogP contribution >= 0.6 is 0 Å². The molecule has 2 aromatic carbocycles. The zero-order chi connectivity index (χ0) is 21.0. The lowest BCUT2D eigenvalue weighted by Gasteiger charge is -2.31. The highest BCUT2D eigenvalue weighted by Gasteiger charge is 2.35. The number of benzene rings is 2. The highest BCUT2D eigenvalue weighted by molar-refractivity contribution is 7.94. The Labute approximate surface area is 170 Å². The van der Waals surface area contributed by atoms with E-state index in [0.717, 1.165) is 5.41 Å². The summed E-state index contributed by atoms with van der Waals surface area (Å²) in [4.78, 5) is 14.8. The monoisotopic (exact) mass is 417 g/mol. The minimum Gasteiger partial charge on any atom is -0.497 e. The minimum atomic E-state index is -3.38. The van der Waals surface area contributed by atoms with E-state index in [1.807, 2.05) is 18.2 Å². The molecule has 1 aliphatic heterocycles. The van der Waals surface area contributed by atoms with Gasteiger partial charge >= 0.3 is 0 Å².